The molecule has 8 amide bonds. The fourth-order valence-corrected chi connectivity index (χ4v) is 8.66. The van der Waals surface area contributed by atoms with E-state index in [0.29, 0.717) is 84.0 Å². The SMILES string of the molecule is COc1ccc(NC(=O)[C@H](CCCCN)NC(=O)c2cc(NC(=O)[C@H](CCCCN)NC(=O)c3cc(NC(=O)[C@H](CCCCN)NC(=O)c4cc(NC(=O)[C@@H](N)CCCCN)ccc4OC)ccc3OC)ccc2OC)cc1C(=O)NCC(=O)O. The lowest BCUT2D eigenvalue weighted by molar-refractivity contribution is -0.135. The van der Waals surface area contributed by atoms with E-state index in [2.05, 4.69) is 42.5 Å². The number of carboxylic acid groups (broad SMARTS) is 1. The second-order valence-electron chi connectivity index (χ2n) is 19.5. The van der Waals surface area contributed by atoms with Gasteiger partial charge in [0.2, 0.25) is 23.6 Å². The van der Waals surface area contributed by atoms with Gasteiger partial charge in [0.1, 0.15) is 47.7 Å². The molecule has 0 saturated carbocycles. The lowest BCUT2D eigenvalue weighted by Crippen LogP contribution is -2.44. The first-order valence-corrected chi connectivity index (χ1v) is 27.8. The molecule has 462 valence electrons. The Morgan fingerprint density at radius 1 is 0.400 bits per heavy atom. The summed E-state index contributed by atoms with van der Waals surface area (Å²) in [5, 5.41) is 30.5. The third-order valence-electron chi connectivity index (χ3n) is 13.3. The summed E-state index contributed by atoms with van der Waals surface area (Å²) >= 11 is 0. The van der Waals surface area contributed by atoms with Crippen molar-refractivity contribution in [1.29, 1.82) is 0 Å². The highest BCUT2D eigenvalue weighted by atomic mass is 16.5. The fraction of sp³-hybridized carbons (Fsp3) is 0.431. The quantitative estimate of drug-likeness (QED) is 0.0288. The molecule has 0 heterocycles. The van der Waals surface area contributed by atoms with Crippen LogP contribution in [0.25, 0.3) is 0 Å². The molecule has 4 aromatic carbocycles. The molecule has 27 heteroatoms. The van der Waals surface area contributed by atoms with Gasteiger partial charge in [-0.25, -0.2) is 0 Å². The molecule has 4 aromatic rings. The summed E-state index contributed by atoms with van der Waals surface area (Å²) in [5.74, 6) is -6.23. The van der Waals surface area contributed by atoms with Crippen molar-refractivity contribution in [3.8, 4) is 23.0 Å². The number of hydrogen-bond donors (Lipinski definition) is 14. The van der Waals surface area contributed by atoms with Crippen LogP contribution in [0.3, 0.4) is 0 Å². The number of anilines is 4. The predicted octanol–water partition coefficient (Wildman–Crippen LogP) is 2.53. The Bertz CT molecular complexity index is 2940. The average molecular weight is 1180 g/mol. The number of methoxy groups -OCH3 is 4. The Balaban J connectivity index is 1.55. The van der Waals surface area contributed by atoms with Crippen LogP contribution in [-0.2, 0) is 24.0 Å². The normalized spacial score (nSPS) is 12.2. The zero-order valence-electron chi connectivity index (χ0n) is 48.4. The van der Waals surface area contributed by atoms with Crippen molar-refractivity contribution in [2.75, 3.05) is 82.4 Å². The molecule has 0 aliphatic heterocycles. The van der Waals surface area contributed by atoms with Crippen LogP contribution in [0.4, 0.5) is 22.7 Å². The van der Waals surface area contributed by atoms with Gasteiger partial charge in [0.15, 0.2) is 0 Å². The molecule has 0 spiro atoms. The maximum absolute atomic E-state index is 14.3. The minimum Gasteiger partial charge on any atom is -0.496 e. The van der Waals surface area contributed by atoms with Crippen LogP contribution in [0.15, 0.2) is 72.8 Å². The van der Waals surface area contributed by atoms with Crippen LogP contribution < -0.4 is 90.2 Å². The Labute approximate surface area is 493 Å². The molecule has 4 rings (SSSR count). The third kappa shape index (κ3) is 21.7. The first kappa shape index (κ1) is 68.6. The van der Waals surface area contributed by atoms with Crippen molar-refractivity contribution < 1.29 is 67.2 Å². The third-order valence-corrected chi connectivity index (χ3v) is 13.3. The fourth-order valence-electron chi connectivity index (χ4n) is 8.66. The summed E-state index contributed by atoms with van der Waals surface area (Å²) in [5.41, 5.74) is 29.5. The summed E-state index contributed by atoms with van der Waals surface area (Å²) in [7, 11) is 5.35. The van der Waals surface area contributed by atoms with Crippen LogP contribution in [0.1, 0.15) is 118 Å². The van der Waals surface area contributed by atoms with E-state index in [0.717, 1.165) is 0 Å². The van der Waals surface area contributed by atoms with Gasteiger partial charge in [0.25, 0.3) is 23.6 Å². The largest absolute Gasteiger partial charge is 0.496 e. The number of aliphatic carboxylic acids is 1. The molecule has 0 radical (unpaired) electrons. The molecule has 19 N–H and O–H groups in total. The van der Waals surface area contributed by atoms with E-state index in [-0.39, 0.29) is 87.3 Å². The molecule has 0 aliphatic rings. The molecule has 0 aliphatic carbocycles. The highest BCUT2D eigenvalue weighted by Crippen LogP contribution is 2.28. The molecular weight excluding hydrogens is 1100 g/mol. The van der Waals surface area contributed by atoms with Crippen LogP contribution in [0, 0.1) is 0 Å². The van der Waals surface area contributed by atoms with Crippen LogP contribution in [0.5, 0.6) is 23.0 Å². The lowest BCUT2D eigenvalue weighted by atomic mass is 10.1. The number of unbranched alkanes of at least 4 members (excludes halogenated alkanes) is 4. The molecule has 0 fully saturated rings. The maximum Gasteiger partial charge on any atom is 0.322 e. The minimum absolute atomic E-state index is 0.0240. The Morgan fingerprint density at radius 3 is 0.941 bits per heavy atom. The molecule has 4 atom stereocenters. The van der Waals surface area contributed by atoms with E-state index in [1.54, 1.807) is 6.07 Å². The Hall–Kier alpha value is -8.89. The predicted molar refractivity (Wildman–Crippen MR) is 320 cm³/mol. The highest BCUT2D eigenvalue weighted by molar-refractivity contribution is 6.08. The number of benzene rings is 4. The lowest BCUT2D eigenvalue weighted by Gasteiger charge is -2.22. The van der Waals surface area contributed by atoms with Gasteiger partial charge in [-0.2, -0.15) is 0 Å². The van der Waals surface area contributed by atoms with Crippen molar-refractivity contribution in [1.82, 2.24) is 21.3 Å². The number of nitrogens with one attached hydrogen (secondary N) is 8. The first-order valence-electron chi connectivity index (χ1n) is 27.8. The van der Waals surface area contributed by atoms with Gasteiger partial charge in [-0.15, -0.1) is 0 Å². The number of rotatable bonds is 37. The van der Waals surface area contributed by atoms with E-state index < -0.39 is 83.9 Å². The van der Waals surface area contributed by atoms with Gasteiger partial charge in [-0.05, 0) is 170 Å². The first-order chi connectivity index (χ1) is 40.8. The van der Waals surface area contributed by atoms with Crippen LogP contribution in [0.2, 0.25) is 0 Å². The van der Waals surface area contributed by atoms with Gasteiger partial charge in [0, 0.05) is 22.7 Å². The molecule has 0 aromatic heterocycles. The molecule has 27 nitrogen and oxygen atoms in total. The van der Waals surface area contributed by atoms with Crippen molar-refractivity contribution in [3.05, 3.63) is 95.1 Å². The number of carbonyl (C=O) groups is 9. The number of nitrogens with two attached hydrogens (primary N) is 5. The highest BCUT2D eigenvalue weighted by Gasteiger charge is 2.29. The topological polar surface area (TPSA) is 437 Å². The Morgan fingerprint density at radius 2 is 0.671 bits per heavy atom. The number of amides is 8. The number of carboxylic acids is 1. The van der Waals surface area contributed by atoms with Gasteiger partial charge in [-0.3, -0.25) is 43.2 Å². The molecule has 0 saturated heterocycles. The van der Waals surface area contributed by atoms with Crippen molar-refractivity contribution in [3.63, 3.8) is 0 Å². The molecule has 0 unspecified atom stereocenters. The van der Waals surface area contributed by atoms with Gasteiger partial charge in [0.05, 0.1) is 56.7 Å². The maximum atomic E-state index is 14.3. The second kappa shape index (κ2) is 36.0. The van der Waals surface area contributed by atoms with Gasteiger partial charge < -0.3 is 95.3 Å². The van der Waals surface area contributed by atoms with E-state index in [9.17, 15) is 43.2 Å². The van der Waals surface area contributed by atoms with E-state index in [1.807, 2.05) is 0 Å². The summed E-state index contributed by atoms with van der Waals surface area (Å²) in [4.78, 5) is 121. The van der Waals surface area contributed by atoms with Crippen molar-refractivity contribution >= 4 is 76.0 Å². The average Bonchev–Trinajstić information content (AvgIpc) is 3.52. The zero-order valence-corrected chi connectivity index (χ0v) is 48.4. The van der Waals surface area contributed by atoms with Crippen molar-refractivity contribution in [2.45, 2.75) is 101 Å². The zero-order chi connectivity index (χ0) is 62.4. The van der Waals surface area contributed by atoms with Gasteiger partial charge in [-0.1, -0.05) is 6.42 Å². The van der Waals surface area contributed by atoms with Gasteiger partial charge >= 0.3 is 5.97 Å². The summed E-state index contributed by atoms with van der Waals surface area (Å²) in [6.07, 6.45) is 5.04. The van der Waals surface area contributed by atoms with E-state index in [4.69, 9.17) is 52.7 Å². The summed E-state index contributed by atoms with van der Waals surface area (Å²) in [6, 6.07) is 12.9. The van der Waals surface area contributed by atoms with Crippen LogP contribution in [-0.4, -0.2) is 144 Å². The molecular formula is C58H81N13O14. The Kier molecular flexibility index (Phi) is 29.0. The second-order valence-corrected chi connectivity index (χ2v) is 19.5. The summed E-state index contributed by atoms with van der Waals surface area (Å²) in [6.45, 7) is 0.736. The molecule has 0 bridgehead atoms. The smallest absolute Gasteiger partial charge is 0.322 e. The van der Waals surface area contributed by atoms with E-state index in [1.165, 1.54) is 95.2 Å². The number of carbonyl (C=O) groups excluding carboxylic acids is 8. The van der Waals surface area contributed by atoms with Crippen molar-refractivity contribution in [2.24, 2.45) is 28.7 Å². The minimum atomic E-state index is -1.27. The van der Waals surface area contributed by atoms with E-state index >= 15 is 0 Å². The number of hydrogen-bond acceptors (Lipinski definition) is 18. The number of ether oxygens (including phenoxy) is 4. The monoisotopic (exact) mass is 1180 g/mol. The van der Waals surface area contributed by atoms with Crippen LogP contribution >= 0.6 is 0 Å². The standard InChI is InChI=1S/C58H81N13O14/c1-82-46-21-18-35(29-38(46)51(74)64-33-50(72)73)66-56(79)43(14-6-10-26-60)70-53(76)40-31-37(20-23-48(40)84-3)68-58(81)45(16-8-12-28-62)71-54(77)41-32-36(19-24-49(41)85-4)67-57(80)44(15-7-11-27-61)69-52(75)39-30-34(17-22-47(39)83-2)65-55(78)42(63)13-5-9-25-59/h17-24,29-32,42-45H,5-16,25-28,33,59-63H2,1-4H3,(H,64,74)(H,65,78)(H,66,79)(H,67,80)(H,68,81)(H,69,75)(H,70,76)(H,71,77)(H,72,73)/t42-,43-,44-,45-/m0/s1. The summed E-state index contributed by atoms with van der Waals surface area (Å²) < 4.78 is 21.8. The molecule has 85 heavy (non-hydrogen) atoms.